The van der Waals surface area contributed by atoms with Crippen LogP contribution in [-0.4, -0.2) is 34.8 Å². The van der Waals surface area contributed by atoms with Crippen molar-refractivity contribution in [1.82, 2.24) is 15.1 Å². The first-order chi connectivity index (χ1) is 14.1. The van der Waals surface area contributed by atoms with Crippen LogP contribution in [-0.2, 0) is 9.53 Å². The molecule has 0 bridgehead atoms. The first-order valence-corrected chi connectivity index (χ1v) is 9.11. The minimum absolute atomic E-state index is 0.195. The Bertz CT molecular complexity index is 1050. The first-order valence-electron chi connectivity index (χ1n) is 9.11. The van der Waals surface area contributed by atoms with E-state index in [0.29, 0.717) is 5.69 Å². The molecule has 0 atom stereocenters. The lowest BCUT2D eigenvalue weighted by molar-refractivity contribution is -0.124. The highest BCUT2D eigenvalue weighted by Crippen LogP contribution is 2.25. The molecular formula is C22H20N4O3. The second-order valence-electron chi connectivity index (χ2n) is 6.38. The lowest BCUT2D eigenvalue weighted by atomic mass is 10.1. The molecule has 2 aromatic carbocycles. The third-order valence-electron chi connectivity index (χ3n) is 4.14. The second-order valence-corrected chi connectivity index (χ2v) is 6.38. The van der Waals surface area contributed by atoms with E-state index in [-0.39, 0.29) is 18.5 Å². The van der Waals surface area contributed by atoms with Crippen molar-refractivity contribution in [2.24, 2.45) is 0 Å². The third-order valence-corrected chi connectivity index (χ3v) is 4.14. The fourth-order valence-electron chi connectivity index (χ4n) is 2.76. The summed E-state index contributed by atoms with van der Waals surface area (Å²) in [6.07, 6.45) is 1.80. The number of aryl methyl sites for hydroxylation is 1. The van der Waals surface area contributed by atoms with E-state index in [4.69, 9.17) is 10.00 Å². The van der Waals surface area contributed by atoms with Gasteiger partial charge in [-0.2, -0.15) is 10.4 Å². The zero-order valence-corrected chi connectivity index (χ0v) is 16.0. The zero-order chi connectivity index (χ0) is 20.6. The summed E-state index contributed by atoms with van der Waals surface area (Å²) < 4.78 is 6.79. The van der Waals surface area contributed by atoms with E-state index in [1.54, 1.807) is 10.9 Å². The largest absolute Gasteiger partial charge is 0.452 e. The van der Waals surface area contributed by atoms with Gasteiger partial charge >= 0.3 is 5.97 Å². The highest BCUT2D eigenvalue weighted by Gasteiger charge is 2.21. The molecule has 3 rings (SSSR count). The Morgan fingerprint density at radius 2 is 1.97 bits per heavy atom. The molecule has 1 amide bonds. The number of aromatic nitrogens is 2. The van der Waals surface area contributed by atoms with E-state index >= 15 is 0 Å². The van der Waals surface area contributed by atoms with Gasteiger partial charge < -0.3 is 10.1 Å². The Morgan fingerprint density at radius 1 is 1.17 bits per heavy atom. The van der Waals surface area contributed by atoms with Crippen LogP contribution in [0.3, 0.4) is 0 Å². The molecule has 0 aliphatic carbocycles. The molecule has 0 aliphatic heterocycles. The van der Waals surface area contributed by atoms with Crippen LogP contribution < -0.4 is 5.32 Å². The Balaban J connectivity index is 1.86. The number of carbonyl (C=O) groups excluding carboxylic acids is 2. The molecule has 0 spiro atoms. The van der Waals surface area contributed by atoms with E-state index in [2.05, 4.69) is 10.4 Å². The number of hydrogen-bond donors (Lipinski definition) is 1. The molecule has 146 valence electrons. The van der Waals surface area contributed by atoms with Crippen LogP contribution >= 0.6 is 0 Å². The van der Waals surface area contributed by atoms with Crippen LogP contribution in [0.4, 0.5) is 0 Å². The van der Waals surface area contributed by atoms with Gasteiger partial charge in [-0.1, -0.05) is 42.0 Å². The standard InChI is InChI=1S/C22H20N4O3/c1-16-7-5-8-17(13-16)21-19(14-26(25-21)18-9-3-2-4-10-18)22(28)29-15-20(27)24-12-6-11-23/h2-5,7-10,13-14H,6,12,15H2,1H3,(H,24,27). The summed E-state index contributed by atoms with van der Waals surface area (Å²) in [5, 5.41) is 15.6. The molecule has 7 heteroatoms. The van der Waals surface area contributed by atoms with Gasteiger partial charge in [-0.15, -0.1) is 0 Å². The summed E-state index contributed by atoms with van der Waals surface area (Å²) in [6, 6.07) is 19.0. The van der Waals surface area contributed by atoms with E-state index in [1.165, 1.54) is 0 Å². The lowest BCUT2D eigenvalue weighted by Gasteiger charge is -2.06. The number of benzene rings is 2. The molecule has 1 N–H and O–H groups in total. The summed E-state index contributed by atoms with van der Waals surface area (Å²) in [4.78, 5) is 24.5. The highest BCUT2D eigenvalue weighted by atomic mass is 16.5. The van der Waals surface area contributed by atoms with Gasteiger partial charge in [0.05, 0.1) is 18.2 Å². The topological polar surface area (TPSA) is 97.0 Å². The molecule has 1 aromatic heterocycles. The number of nitrogens with zero attached hydrogens (tertiary/aromatic N) is 3. The van der Waals surface area contributed by atoms with Gasteiger partial charge in [-0.25, -0.2) is 9.48 Å². The van der Waals surface area contributed by atoms with E-state index in [1.807, 2.05) is 67.6 Å². The maximum Gasteiger partial charge on any atom is 0.342 e. The monoisotopic (exact) mass is 388 g/mol. The number of hydrogen-bond acceptors (Lipinski definition) is 5. The predicted octanol–water partition coefficient (Wildman–Crippen LogP) is 3.03. The second kappa shape index (κ2) is 9.33. The van der Waals surface area contributed by atoms with Crippen LogP contribution in [0, 0.1) is 18.3 Å². The SMILES string of the molecule is Cc1cccc(-c2nn(-c3ccccc3)cc2C(=O)OCC(=O)NCCC#N)c1. The quantitative estimate of drug-likeness (QED) is 0.496. The fraction of sp³-hybridized carbons (Fsp3) is 0.182. The molecule has 29 heavy (non-hydrogen) atoms. The van der Waals surface area contributed by atoms with Crippen LogP contribution in [0.15, 0.2) is 60.8 Å². The van der Waals surface area contributed by atoms with Crippen molar-refractivity contribution < 1.29 is 14.3 Å². The van der Waals surface area contributed by atoms with E-state index in [0.717, 1.165) is 16.8 Å². The maximum atomic E-state index is 12.7. The molecule has 0 aliphatic rings. The van der Waals surface area contributed by atoms with E-state index in [9.17, 15) is 9.59 Å². The predicted molar refractivity (Wildman–Crippen MR) is 107 cm³/mol. The fourth-order valence-corrected chi connectivity index (χ4v) is 2.76. The molecule has 0 unspecified atom stereocenters. The average molecular weight is 388 g/mol. The number of ether oxygens (including phenoxy) is 1. The minimum Gasteiger partial charge on any atom is -0.452 e. The summed E-state index contributed by atoms with van der Waals surface area (Å²) in [5.41, 5.74) is 3.37. The Morgan fingerprint density at radius 3 is 2.69 bits per heavy atom. The molecule has 3 aromatic rings. The van der Waals surface area contributed by atoms with E-state index < -0.39 is 18.5 Å². The van der Waals surface area contributed by atoms with Crippen LogP contribution in [0.5, 0.6) is 0 Å². The van der Waals surface area contributed by atoms with Gasteiger partial charge in [0.25, 0.3) is 5.91 Å². The summed E-state index contributed by atoms with van der Waals surface area (Å²) >= 11 is 0. The smallest absolute Gasteiger partial charge is 0.342 e. The number of amides is 1. The third kappa shape index (κ3) is 5.08. The zero-order valence-electron chi connectivity index (χ0n) is 16.0. The molecule has 0 saturated heterocycles. The average Bonchev–Trinajstić information content (AvgIpc) is 3.18. The van der Waals surface area contributed by atoms with Crippen LogP contribution in [0.25, 0.3) is 16.9 Å². The lowest BCUT2D eigenvalue weighted by Crippen LogP contribution is -2.29. The summed E-state index contributed by atoms with van der Waals surface area (Å²) in [6.45, 7) is 1.75. The van der Waals surface area contributed by atoms with Gasteiger partial charge in [0.1, 0.15) is 11.3 Å². The number of carbonyl (C=O) groups is 2. The van der Waals surface area contributed by atoms with Crippen molar-refractivity contribution in [1.29, 1.82) is 5.26 Å². The Kier molecular flexibility index (Phi) is 6.38. The molecule has 0 radical (unpaired) electrons. The molecule has 1 heterocycles. The normalized spacial score (nSPS) is 10.2. The number of rotatable bonds is 7. The van der Waals surface area contributed by atoms with Crippen LogP contribution in [0.2, 0.25) is 0 Å². The molecule has 0 saturated carbocycles. The van der Waals surface area contributed by atoms with Gasteiger partial charge in [0.2, 0.25) is 0 Å². The highest BCUT2D eigenvalue weighted by molar-refractivity contribution is 5.97. The van der Waals surface area contributed by atoms with Gasteiger partial charge in [0, 0.05) is 18.3 Å². The molecule has 7 nitrogen and oxygen atoms in total. The summed E-state index contributed by atoms with van der Waals surface area (Å²) in [5.74, 6) is -1.10. The number of nitriles is 1. The van der Waals surface area contributed by atoms with Crippen molar-refractivity contribution in [3.63, 3.8) is 0 Å². The maximum absolute atomic E-state index is 12.7. The van der Waals surface area contributed by atoms with Gasteiger partial charge in [-0.3, -0.25) is 4.79 Å². The molecular weight excluding hydrogens is 368 g/mol. The van der Waals surface area contributed by atoms with Crippen molar-refractivity contribution >= 4 is 11.9 Å². The van der Waals surface area contributed by atoms with Gasteiger partial charge in [0.15, 0.2) is 6.61 Å². The van der Waals surface area contributed by atoms with Crippen molar-refractivity contribution in [2.45, 2.75) is 13.3 Å². The van der Waals surface area contributed by atoms with Crippen molar-refractivity contribution in [2.75, 3.05) is 13.2 Å². The Hall–Kier alpha value is -3.92. The van der Waals surface area contributed by atoms with Gasteiger partial charge in [-0.05, 0) is 25.1 Å². The molecule has 0 fully saturated rings. The number of para-hydroxylation sites is 1. The number of esters is 1. The van der Waals surface area contributed by atoms with Crippen LogP contribution in [0.1, 0.15) is 22.3 Å². The van der Waals surface area contributed by atoms with Crippen molar-refractivity contribution in [3.8, 4) is 23.0 Å². The first kappa shape index (κ1) is 19.8. The summed E-state index contributed by atoms with van der Waals surface area (Å²) in [7, 11) is 0. The number of nitrogens with one attached hydrogen (secondary N) is 1. The Labute approximate surface area is 168 Å². The minimum atomic E-state index is -0.640. The van der Waals surface area contributed by atoms with Crippen molar-refractivity contribution in [3.05, 3.63) is 71.9 Å².